The molecule has 3 aromatic rings. The summed E-state index contributed by atoms with van der Waals surface area (Å²) in [5.41, 5.74) is 2.04. The Hall–Kier alpha value is -3.15. The van der Waals surface area contributed by atoms with Gasteiger partial charge in [0.25, 0.3) is 0 Å². The summed E-state index contributed by atoms with van der Waals surface area (Å²) >= 11 is 0. The molecule has 0 bridgehead atoms. The molecule has 4 unspecified atom stereocenters. The molecule has 2 aliphatic rings. The van der Waals surface area contributed by atoms with E-state index in [1.54, 1.807) is 23.9 Å². The molecule has 34 heavy (non-hydrogen) atoms. The van der Waals surface area contributed by atoms with Crippen molar-refractivity contribution >= 4 is 0 Å². The van der Waals surface area contributed by atoms with E-state index in [-0.39, 0.29) is 6.10 Å². The maximum atomic E-state index is 10.8. The number of nitrogens with zero attached hydrogens (tertiary/aromatic N) is 2. The van der Waals surface area contributed by atoms with Gasteiger partial charge in [0.2, 0.25) is 0 Å². The van der Waals surface area contributed by atoms with Crippen molar-refractivity contribution in [3.63, 3.8) is 0 Å². The predicted molar refractivity (Wildman–Crippen MR) is 126 cm³/mol. The van der Waals surface area contributed by atoms with Crippen LogP contribution in [0.5, 0.6) is 5.75 Å². The minimum atomic E-state index is -0.887. The fourth-order valence-electron chi connectivity index (χ4n) is 4.17. The molecule has 1 aromatic heterocycles. The largest absolute Gasteiger partial charge is 0.485 e. The molecule has 0 spiro atoms. The standard InChI is InChI=1S/C27H28N2O5/c1-18(30)26-28-14-15-29(26)25(27(32)12-13-27)11-4-19-2-5-20(6-3-19)21-7-9-22(10-8-21)34-24-17-33-16-23(24)31/h2-3,5-10,14-15,18,23-25,30-32H,12-13,16-17H2,1H3. The van der Waals surface area contributed by atoms with Gasteiger partial charge in [-0.1, -0.05) is 36.1 Å². The van der Waals surface area contributed by atoms with E-state index < -0.39 is 23.9 Å². The van der Waals surface area contributed by atoms with Crippen molar-refractivity contribution in [2.75, 3.05) is 13.2 Å². The van der Waals surface area contributed by atoms with Crippen LogP contribution < -0.4 is 4.74 Å². The molecule has 5 rings (SSSR count). The number of benzene rings is 2. The molecule has 0 amide bonds. The third-order valence-electron chi connectivity index (χ3n) is 6.33. The fraction of sp³-hybridized carbons (Fsp3) is 0.370. The summed E-state index contributed by atoms with van der Waals surface area (Å²) in [6.07, 6.45) is 3.06. The summed E-state index contributed by atoms with van der Waals surface area (Å²) in [6, 6.07) is 15.2. The monoisotopic (exact) mass is 460 g/mol. The maximum Gasteiger partial charge on any atom is 0.150 e. The Labute approximate surface area is 198 Å². The van der Waals surface area contributed by atoms with Crippen molar-refractivity contribution in [3.05, 3.63) is 72.3 Å². The van der Waals surface area contributed by atoms with Gasteiger partial charge in [0.05, 0.1) is 18.8 Å². The van der Waals surface area contributed by atoms with Gasteiger partial charge in [0, 0.05) is 18.0 Å². The summed E-state index contributed by atoms with van der Waals surface area (Å²) in [5, 5.41) is 30.7. The molecule has 2 aromatic carbocycles. The molecule has 1 saturated carbocycles. The lowest BCUT2D eigenvalue weighted by atomic mass is 10.0. The first-order chi connectivity index (χ1) is 16.4. The first-order valence-electron chi connectivity index (χ1n) is 11.5. The van der Waals surface area contributed by atoms with E-state index in [9.17, 15) is 15.3 Å². The third kappa shape index (κ3) is 4.72. The van der Waals surface area contributed by atoms with Gasteiger partial charge >= 0.3 is 0 Å². The van der Waals surface area contributed by atoms with Crippen molar-refractivity contribution in [3.8, 4) is 28.7 Å². The molecular formula is C27H28N2O5. The molecule has 7 heteroatoms. The Morgan fingerprint density at radius 1 is 1.09 bits per heavy atom. The zero-order chi connectivity index (χ0) is 23.7. The van der Waals surface area contributed by atoms with E-state index in [1.807, 2.05) is 48.5 Å². The summed E-state index contributed by atoms with van der Waals surface area (Å²) in [4.78, 5) is 4.22. The highest BCUT2D eigenvalue weighted by molar-refractivity contribution is 5.65. The van der Waals surface area contributed by atoms with E-state index in [2.05, 4.69) is 16.8 Å². The molecule has 0 radical (unpaired) electrons. The van der Waals surface area contributed by atoms with E-state index in [0.29, 0.717) is 37.6 Å². The quantitative estimate of drug-likeness (QED) is 0.490. The highest BCUT2D eigenvalue weighted by atomic mass is 16.6. The van der Waals surface area contributed by atoms with Crippen LogP contribution in [0.1, 0.15) is 43.3 Å². The Bertz CT molecular complexity index is 1190. The number of rotatable bonds is 6. The lowest BCUT2D eigenvalue weighted by Crippen LogP contribution is -2.29. The zero-order valence-electron chi connectivity index (χ0n) is 19.0. The zero-order valence-corrected chi connectivity index (χ0v) is 19.0. The van der Waals surface area contributed by atoms with E-state index in [4.69, 9.17) is 9.47 Å². The van der Waals surface area contributed by atoms with Gasteiger partial charge in [-0.25, -0.2) is 4.98 Å². The Balaban J connectivity index is 1.30. The first-order valence-corrected chi connectivity index (χ1v) is 11.5. The van der Waals surface area contributed by atoms with Crippen LogP contribution in [-0.4, -0.2) is 55.9 Å². The van der Waals surface area contributed by atoms with Crippen molar-refractivity contribution in [1.29, 1.82) is 0 Å². The molecule has 176 valence electrons. The van der Waals surface area contributed by atoms with Gasteiger partial charge in [0.15, 0.2) is 0 Å². The van der Waals surface area contributed by atoms with Gasteiger partial charge in [0.1, 0.15) is 35.9 Å². The SMILES string of the molecule is CC(O)c1nccn1C(C#Cc1ccc(-c2ccc(OC3COCC3O)cc2)cc1)C1(O)CC1. The van der Waals surface area contributed by atoms with Crippen LogP contribution >= 0.6 is 0 Å². The van der Waals surface area contributed by atoms with E-state index in [0.717, 1.165) is 16.7 Å². The number of aliphatic hydroxyl groups excluding tert-OH is 2. The number of imidazole rings is 1. The van der Waals surface area contributed by atoms with Crippen molar-refractivity contribution in [1.82, 2.24) is 9.55 Å². The molecule has 3 N–H and O–H groups in total. The summed E-state index contributed by atoms with van der Waals surface area (Å²) < 4.78 is 12.8. The Kier molecular flexibility index (Phi) is 6.15. The van der Waals surface area contributed by atoms with Crippen LogP contribution in [0, 0.1) is 11.8 Å². The average molecular weight is 461 g/mol. The van der Waals surface area contributed by atoms with Crippen LogP contribution in [0.4, 0.5) is 0 Å². The van der Waals surface area contributed by atoms with Gasteiger partial charge in [-0.2, -0.15) is 0 Å². The Morgan fingerprint density at radius 3 is 2.35 bits per heavy atom. The number of ether oxygens (including phenoxy) is 2. The molecule has 1 aliphatic heterocycles. The van der Waals surface area contributed by atoms with Gasteiger partial charge < -0.3 is 29.4 Å². The van der Waals surface area contributed by atoms with Crippen LogP contribution in [0.25, 0.3) is 11.1 Å². The smallest absolute Gasteiger partial charge is 0.150 e. The highest BCUT2D eigenvalue weighted by Gasteiger charge is 2.49. The fourth-order valence-corrected chi connectivity index (χ4v) is 4.17. The van der Waals surface area contributed by atoms with Crippen molar-refractivity contribution < 1.29 is 24.8 Å². The van der Waals surface area contributed by atoms with Gasteiger partial charge in [-0.3, -0.25) is 0 Å². The van der Waals surface area contributed by atoms with Crippen LogP contribution in [0.15, 0.2) is 60.9 Å². The first kappa shape index (κ1) is 22.6. The van der Waals surface area contributed by atoms with Crippen LogP contribution in [-0.2, 0) is 4.74 Å². The Morgan fingerprint density at radius 2 is 1.76 bits per heavy atom. The number of aromatic nitrogens is 2. The van der Waals surface area contributed by atoms with Crippen LogP contribution in [0.2, 0.25) is 0 Å². The summed E-state index contributed by atoms with van der Waals surface area (Å²) in [5.74, 6) is 7.58. The average Bonchev–Trinajstić information content (AvgIpc) is 3.20. The summed E-state index contributed by atoms with van der Waals surface area (Å²) in [6.45, 7) is 2.36. The van der Waals surface area contributed by atoms with Gasteiger partial charge in [-0.05, 0) is 55.2 Å². The van der Waals surface area contributed by atoms with E-state index in [1.165, 1.54) is 0 Å². The van der Waals surface area contributed by atoms with Gasteiger partial charge in [-0.15, -0.1) is 0 Å². The molecule has 1 aliphatic carbocycles. The molecule has 2 fully saturated rings. The summed E-state index contributed by atoms with van der Waals surface area (Å²) in [7, 11) is 0. The number of hydrogen-bond acceptors (Lipinski definition) is 6. The molecule has 1 saturated heterocycles. The topological polar surface area (TPSA) is 97.0 Å². The predicted octanol–water partition coefficient (Wildman–Crippen LogP) is 2.86. The molecule has 2 heterocycles. The third-order valence-corrected chi connectivity index (χ3v) is 6.33. The highest BCUT2D eigenvalue weighted by Crippen LogP contribution is 2.45. The lowest BCUT2D eigenvalue weighted by Gasteiger charge is -2.21. The second-order valence-electron chi connectivity index (χ2n) is 9.01. The normalized spacial score (nSPS) is 22.5. The second kappa shape index (κ2) is 9.24. The van der Waals surface area contributed by atoms with E-state index >= 15 is 0 Å². The molecule has 4 atom stereocenters. The molecular weight excluding hydrogens is 432 g/mol. The second-order valence-corrected chi connectivity index (χ2v) is 9.01. The minimum Gasteiger partial charge on any atom is -0.485 e. The maximum absolute atomic E-state index is 10.8. The van der Waals surface area contributed by atoms with Crippen molar-refractivity contribution in [2.45, 2.75) is 49.7 Å². The minimum absolute atomic E-state index is 0.308. The van der Waals surface area contributed by atoms with Crippen LogP contribution in [0.3, 0.4) is 0 Å². The molecule has 7 nitrogen and oxygen atoms in total. The number of hydrogen-bond donors (Lipinski definition) is 3. The lowest BCUT2D eigenvalue weighted by molar-refractivity contribution is 0.0733. The van der Waals surface area contributed by atoms with Crippen molar-refractivity contribution in [2.24, 2.45) is 0 Å². The number of aliphatic hydroxyl groups is 3.